The van der Waals surface area contributed by atoms with Crippen LogP contribution < -0.4 is 15.1 Å². The third-order valence-corrected chi connectivity index (χ3v) is 5.57. The summed E-state index contributed by atoms with van der Waals surface area (Å²) in [5.74, 6) is 1.24. The van der Waals surface area contributed by atoms with Crippen LogP contribution in [0.15, 0.2) is 48.8 Å². The van der Waals surface area contributed by atoms with E-state index in [1.807, 2.05) is 37.4 Å². The predicted octanol–water partition coefficient (Wildman–Crippen LogP) is 3.79. The van der Waals surface area contributed by atoms with Crippen LogP contribution in [0.4, 0.5) is 22.1 Å². The standard InChI is InChI=1S/C22H22N6O/c1-14-11-18-21(26-20(14)16-7-6-15(2)24-12-16)28(17-8-10-27(18)13-17)22(29)25-19-5-3-4-9-23-19/h3-7,9,11-12,17H,8,10,13H2,1-2H3,(H,23,25,29). The predicted molar refractivity (Wildman–Crippen MR) is 113 cm³/mol. The molecule has 0 saturated carbocycles. The summed E-state index contributed by atoms with van der Waals surface area (Å²) in [5.41, 5.74) is 4.86. The van der Waals surface area contributed by atoms with Crippen molar-refractivity contribution in [1.29, 1.82) is 0 Å². The Morgan fingerprint density at radius 3 is 2.83 bits per heavy atom. The molecule has 7 nitrogen and oxygen atoms in total. The molecule has 2 amide bonds. The molecule has 7 heteroatoms. The van der Waals surface area contributed by atoms with Crippen molar-refractivity contribution >= 4 is 23.4 Å². The van der Waals surface area contributed by atoms with Gasteiger partial charge in [0.1, 0.15) is 5.82 Å². The summed E-state index contributed by atoms with van der Waals surface area (Å²) in [6.07, 6.45) is 4.43. The van der Waals surface area contributed by atoms with Crippen LogP contribution in [-0.2, 0) is 0 Å². The quantitative estimate of drug-likeness (QED) is 0.725. The fourth-order valence-electron chi connectivity index (χ4n) is 4.11. The number of hydrogen-bond acceptors (Lipinski definition) is 5. The minimum absolute atomic E-state index is 0.102. The Labute approximate surface area is 169 Å². The lowest BCUT2D eigenvalue weighted by Gasteiger charge is -2.36. The number of rotatable bonds is 2. The molecule has 1 saturated heterocycles. The van der Waals surface area contributed by atoms with E-state index >= 15 is 0 Å². The topological polar surface area (TPSA) is 74.2 Å². The van der Waals surface area contributed by atoms with Crippen molar-refractivity contribution in [2.24, 2.45) is 0 Å². The molecule has 1 atom stereocenters. The molecular formula is C22H22N6O. The number of anilines is 3. The summed E-state index contributed by atoms with van der Waals surface area (Å²) < 4.78 is 0. The fraction of sp³-hybridized carbons (Fsp3) is 0.273. The van der Waals surface area contributed by atoms with E-state index in [-0.39, 0.29) is 12.1 Å². The molecule has 5 heterocycles. The first-order valence-electron chi connectivity index (χ1n) is 9.81. The van der Waals surface area contributed by atoms with Crippen molar-refractivity contribution in [3.8, 4) is 11.3 Å². The number of carbonyl (C=O) groups is 1. The highest BCUT2D eigenvalue weighted by molar-refractivity contribution is 6.04. The molecule has 2 aliphatic rings. The molecule has 1 N–H and O–H groups in total. The number of amides is 2. The summed E-state index contributed by atoms with van der Waals surface area (Å²) in [7, 11) is 0. The van der Waals surface area contributed by atoms with E-state index in [9.17, 15) is 4.79 Å². The van der Waals surface area contributed by atoms with E-state index in [4.69, 9.17) is 4.98 Å². The molecule has 0 aliphatic carbocycles. The van der Waals surface area contributed by atoms with Crippen molar-refractivity contribution in [2.45, 2.75) is 26.3 Å². The molecule has 0 spiro atoms. The number of urea groups is 1. The van der Waals surface area contributed by atoms with Crippen molar-refractivity contribution in [3.05, 3.63) is 60.0 Å². The monoisotopic (exact) mass is 386 g/mol. The number of aromatic nitrogens is 3. The van der Waals surface area contributed by atoms with Gasteiger partial charge in [0, 0.05) is 36.7 Å². The Balaban J connectivity index is 1.57. The minimum atomic E-state index is -0.194. The molecule has 0 aromatic carbocycles. The summed E-state index contributed by atoms with van der Waals surface area (Å²) in [6.45, 7) is 5.78. The number of aryl methyl sites for hydroxylation is 2. The number of nitrogens with zero attached hydrogens (tertiary/aromatic N) is 5. The third-order valence-electron chi connectivity index (χ3n) is 5.57. The van der Waals surface area contributed by atoms with E-state index in [1.165, 1.54) is 0 Å². The molecule has 146 valence electrons. The van der Waals surface area contributed by atoms with Crippen molar-refractivity contribution in [3.63, 3.8) is 0 Å². The number of fused-ring (bicyclic) bond motifs is 4. The van der Waals surface area contributed by atoms with Gasteiger partial charge in [-0.15, -0.1) is 0 Å². The molecule has 0 radical (unpaired) electrons. The molecule has 1 unspecified atom stereocenters. The minimum Gasteiger partial charge on any atom is -0.366 e. The van der Waals surface area contributed by atoms with Crippen LogP contribution in [0, 0.1) is 13.8 Å². The van der Waals surface area contributed by atoms with Gasteiger partial charge in [0.2, 0.25) is 0 Å². The zero-order valence-electron chi connectivity index (χ0n) is 16.5. The van der Waals surface area contributed by atoms with Gasteiger partial charge in [0.15, 0.2) is 5.82 Å². The largest absolute Gasteiger partial charge is 0.366 e. The number of pyridine rings is 3. The lowest BCUT2D eigenvalue weighted by Crippen LogP contribution is -2.48. The van der Waals surface area contributed by atoms with Gasteiger partial charge in [-0.05, 0) is 56.2 Å². The van der Waals surface area contributed by atoms with Crippen LogP contribution in [0.3, 0.4) is 0 Å². The highest BCUT2D eigenvalue weighted by Crippen LogP contribution is 2.41. The van der Waals surface area contributed by atoms with Crippen LogP contribution in [0.1, 0.15) is 17.7 Å². The van der Waals surface area contributed by atoms with Gasteiger partial charge in [-0.3, -0.25) is 15.2 Å². The van der Waals surface area contributed by atoms with Crippen LogP contribution in [0.2, 0.25) is 0 Å². The van der Waals surface area contributed by atoms with E-state index in [2.05, 4.69) is 33.2 Å². The molecule has 3 aromatic heterocycles. The lowest BCUT2D eigenvalue weighted by atomic mass is 10.1. The Morgan fingerprint density at radius 2 is 2.07 bits per heavy atom. The van der Waals surface area contributed by atoms with E-state index in [1.54, 1.807) is 17.2 Å². The smallest absolute Gasteiger partial charge is 0.329 e. The van der Waals surface area contributed by atoms with Crippen LogP contribution in [0.5, 0.6) is 0 Å². The second kappa shape index (κ2) is 6.84. The molecular weight excluding hydrogens is 364 g/mol. The normalized spacial score (nSPS) is 17.2. The lowest BCUT2D eigenvalue weighted by molar-refractivity contribution is 0.254. The van der Waals surface area contributed by atoms with Crippen LogP contribution in [0.25, 0.3) is 11.3 Å². The maximum absolute atomic E-state index is 13.2. The van der Waals surface area contributed by atoms with Gasteiger partial charge in [0.25, 0.3) is 0 Å². The van der Waals surface area contributed by atoms with Crippen molar-refractivity contribution in [2.75, 3.05) is 28.2 Å². The van der Waals surface area contributed by atoms with Crippen molar-refractivity contribution < 1.29 is 4.79 Å². The Bertz CT molecular complexity index is 1070. The van der Waals surface area contributed by atoms with Gasteiger partial charge in [-0.25, -0.2) is 14.8 Å². The number of nitrogens with one attached hydrogen (secondary N) is 1. The maximum atomic E-state index is 13.2. The van der Waals surface area contributed by atoms with Gasteiger partial charge in [-0.1, -0.05) is 6.07 Å². The summed E-state index contributed by atoms with van der Waals surface area (Å²) in [6, 6.07) is 11.5. The van der Waals surface area contributed by atoms with E-state index in [0.29, 0.717) is 11.6 Å². The number of carbonyl (C=O) groups excluding carboxylic acids is 1. The molecule has 5 rings (SSSR count). The van der Waals surface area contributed by atoms with Gasteiger partial charge >= 0.3 is 6.03 Å². The Morgan fingerprint density at radius 1 is 1.17 bits per heavy atom. The zero-order chi connectivity index (χ0) is 20.0. The first-order chi connectivity index (χ1) is 14.1. The number of hydrogen-bond donors (Lipinski definition) is 1. The molecule has 3 aromatic rings. The van der Waals surface area contributed by atoms with Crippen LogP contribution in [-0.4, -0.2) is 40.1 Å². The molecule has 1 fully saturated rings. The third kappa shape index (κ3) is 3.08. The highest BCUT2D eigenvalue weighted by atomic mass is 16.2. The van der Waals surface area contributed by atoms with Gasteiger partial charge < -0.3 is 4.90 Å². The average molecular weight is 386 g/mol. The first-order valence-corrected chi connectivity index (χ1v) is 9.81. The van der Waals surface area contributed by atoms with E-state index in [0.717, 1.165) is 47.7 Å². The summed E-state index contributed by atoms with van der Waals surface area (Å²) in [4.78, 5) is 30.9. The van der Waals surface area contributed by atoms with E-state index < -0.39 is 0 Å². The van der Waals surface area contributed by atoms with Gasteiger partial charge in [0.05, 0.1) is 17.4 Å². The molecule has 2 aliphatic heterocycles. The average Bonchev–Trinajstić information content (AvgIpc) is 3.14. The SMILES string of the molecule is Cc1ccc(-c2nc3c(cc2C)N2CCC(C2)N3C(=O)Nc2ccccn2)cn1. The fourth-order valence-corrected chi connectivity index (χ4v) is 4.11. The van der Waals surface area contributed by atoms with Crippen molar-refractivity contribution in [1.82, 2.24) is 15.0 Å². The zero-order valence-corrected chi connectivity index (χ0v) is 16.5. The molecule has 2 bridgehead atoms. The Kier molecular flexibility index (Phi) is 4.16. The summed E-state index contributed by atoms with van der Waals surface area (Å²) in [5, 5.41) is 2.92. The Hall–Kier alpha value is -3.48. The summed E-state index contributed by atoms with van der Waals surface area (Å²) >= 11 is 0. The highest BCUT2D eigenvalue weighted by Gasteiger charge is 2.40. The maximum Gasteiger partial charge on any atom is 0.329 e. The van der Waals surface area contributed by atoms with Crippen LogP contribution >= 0.6 is 0 Å². The second-order valence-corrected chi connectivity index (χ2v) is 7.59. The first kappa shape index (κ1) is 17.6. The molecule has 29 heavy (non-hydrogen) atoms. The van der Waals surface area contributed by atoms with Gasteiger partial charge in [-0.2, -0.15) is 0 Å². The second-order valence-electron chi connectivity index (χ2n) is 7.59.